The maximum absolute atomic E-state index is 10.2. The lowest BCUT2D eigenvalue weighted by Crippen LogP contribution is -1.97. The second-order valence-electron chi connectivity index (χ2n) is 6.97. The van der Waals surface area contributed by atoms with Gasteiger partial charge in [0.2, 0.25) is 0 Å². The van der Waals surface area contributed by atoms with Crippen molar-refractivity contribution in [1.29, 1.82) is 0 Å². The first-order valence-electron chi connectivity index (χ1n) is 10.4. The van der Waals surface area contributed by atoms with Crippen LogP contribution < -0.4 is 0 Å². The fraction of sp³-hybridized carbons (Fsp3) is 0.0714. The van der Waals surface area contributed by atoms with Gasteiger partial charge in [-0.2, -0.15) is 0 Å². The Morgan fingerprint density at radius 3 is 1.32 bits per heavy atom. The van der Waals surface area contributed by atoms with Crippen molar-refractivity contribution in [2.24, 2.45) is 0 Å². The Morgan fingerprint density at radius 1 is 0.529 bits per heavy atom. The van der Waals surface area contributed by atoms with E-state index < -0.39 is 11.9 Å². The summed E-state index contributed by atoms with van der Waals surface area (Å²) in [5.74, 6) is -1.76. The average molecular weight is 459 g/mol. The highest BCUT2D eigenvalue weighted by molar-refractivity contribution is 5.87. The average Bonchev–Trinajstić information content (AvgIpc) is 2.90. The monoisotopic (exact) mass is 458 g/mol. The summed E-state index contributed by atoms with van der Waals surface area (Å²) in [6, 6.07) is 32.1. The quantitative estimate of drug-likeness (QED) is 0.330. The second-order valence-corrected chi connectivity index (χ2v) is 6.97. The van der Waals surface area contributed by atoms with E-state index in [4.69, 9.17) is 10.2 Å². The number of aliphatic hydroxyl groups is 2. The maximum Gasteiger partial charge on any atom is 0.335 e. The molecule has 6 heteroatoms. The van der Waals surface area contributed by atoms with Gasteiger partial charge in [0.25, 0.3) is 0 Å². The molecule has 0 bridgehead atoms. The Kier molecular flexibility index (Phi) is 10.7. The molecule has 0 aliphatic carbocycles. The largest absolute Gasteiger partial charge is 0.478 e. The number of carboxylic acid groups (broad SMARTS) is 2. The Hall–Kier alpha value is -4.26. The van der Waals surface area contributed by atoms with Gasteiger partial charge in [-0.15, -0.1) is 0 Å². The summed E-state index contributed by atoms with van der Waals surface area (Å²) in [6.45, 7) is -0.0997. The van der Waals surface area contributed by atoms with Crippen LogP contribution in [0, 0.1) is 0 Å². The molecule has 0 amide bonds. The van der Waals surface area contributed by atoms with Crippen LogP contribution in [0.1, 0.15) is 31.8 Å². The molecule has 0 aliphatic rings. The Morgan fingerprint density at radius 2 is 0.971 bits per heavy atom. The van der Waals surface area contributed by atoms with Crippen molar-refractivity contribution in [3.63, 3.8) is 0 Å². The molecule has 0 saturated heterocycles. The van der Waals surface area contributed by atoms with Crippen LogP contribution in [0.5, 0.6) is 0 Å². The summed E-state index contributed by atoms with van der Waals surface area (Å²) in [7, 11) is 0. The highest BCUT2D eigenvalue weighted by Gasteiger charge is 2.08. The highest BCUT2D eigenvalue weighted by Crippen LogP contribution is 2.26. The van der Waals surface area contributed by atoms with Gasteiger partial charge in [0.1, 0.15) is 0 Å². The Bertz CT molecular complexity index is 1110. The van der Waals surface area contributed by atoms with Gasteiger partial charge in [0.15, 0.2) is 0 Å². The number of rotatable bonds is 5. The predicted molar refractivity (Wildman–Crippen MR) is 131 cm³/mol. The van der Waals surface area contributed by atoms with Crippen molar-refractivity contribution in [1.82, 2.24) is 0 Å². The van der Waals surface area contributed by atoms with Crippen LogP contribution in [-0.4, -0.2) is 32.4 Å². The third kappa shape index (κ3) is 8.02. The summed E-state index contributed by atoms with van der Waals surface area (Å²) in [4.78, 5) is 20.4. The second kappa shape index (κ2) is 14.0. The van der Waals surface area contributed by atoms with E-state index in [0.717, 1.165) is 22.3 Å². The number of aromatic carboxylic acids is 2. The summed E-state index contributed by atoms with van der Waals surface area (Å²) in [6.07, 6.45) is 0. The minimum absolute atomic E-state index is 0.0451. The van der Waals surface area contributed by atoms with E-state index in [-0.39, 0.29) is 13.2 Å². The van der Waals surface area contributed by atoms with E-state index in [9.17, 15) is 19.8 Å². The van der Waals surface area contributed by atoms with Crippen molar-refractivity contribution >= 4 is 11.9 Å². The topological polar surface area (TPSA) is 115 Å². The fourth-order valence-corrected chi connectivity index (χ4v) is 3.02. The van der Waals surface area contributed by atoms with Gasteiger partial charge in [-0.25, -0.2) is 9.59 Å². The molecular weight excluding hydrogens is 432 g/mol. The summed E-state index contributed by atoms with van der Waals surface area (Å²) in [5, 5.41) is 35.4. The first-order chi connectivity index (χ1) is 16.5. The molecule has 0 aromatic heterocycles. The zero-order chi connectivity index (χ0) is 24.8. The minimum atomic E-state index is -0.879. The summed E-state index contributed by atoms with van der Waals surface area (Å²) >= 11 is 0. The third-order valence-corrected chi connectivity index (χ3v) is 4.73. The Labute approximate surface area is 198 Å². The van der Waals surface area contributed by atoms with Crippen LogP contribution in [-0.2, 0) is 13.2 Å². The van der Waals surface area contributed by atoms with Crippen LogP contribution in [0.4, 0.5) is 0 Å². The standard InChI is InChI=1S/C14H14O2.2C7H6O2/c15-9-12-7-4-8-13(14(12)10-16)11-5-2-1-3-6-11;2*8-7(9)6-4-2-1-3-5-6/h1-8,15-16H,9-10H2;2*1-5H,(H,8,9). The molecule has 4 N–H and O–H groups in total. The van der Waals surface area contributed by atoms with Crippen molar-refractivity contribution in [3.8, 4) is 11.1 Å². The SMILES string of the molecule is O=C(O)c1ccccc1.O=C(O)c1ccccc1.OCc1cccc(-c2ccccc2)c1CO. The number of benzene rings is 4. The van der Waals surface area contributed by atoms with Crippen molar-refractivity contribution in [3.05, 3.63) is 131 Å². The lowest BCUT2D eigenvalue weighted by molar-refractivity contribution is 0.0686. The van der Waals surface area contributed by atoms with Crippen molar-refractivity contribution in [2.45, 2.75) is 13.2 Å². The van der Waals surface area contributed by atoms with E-state index in [1.54, 1.807) is 60.7 Å². The van der Waals surface area contributed by atoms with E-state index in [0.29, 0.717) is 11.1 Å². The normalized spacial score (nSPS) is 9.59. The molecule has 34 heavy (non-hydrogen) atoms. The number of hydrogen-bond acceptors (Lipinski definition) is 4. The fourth-order valence-electron chi connectivity index (χ4n) is 3.02. The smallest absolute Gasteiger partial charge is 0.335 e. The van der Waals surface area contributed by atoms with Crippen LogP contribution in [0.3, 0.4) is 0 Å². The predicted octanol–water partition coefficient (Wildman–Crippen LogP) is 5.11. The molecule has 0 fully saturated rings. The van der Waals surface area contributed by atoms with Crippen LogP contribution in [0.15, 0.2) is 109 Å². The molecule has 0 saturated carbocycles. The molecule has 0 spiro atoms. The van der Waals surface area contributed by atoms with Crippen LogP contribution in [0.2, 0.25) is 0 Å². The number of hydrogen-bond donors (Lipinski definition) is 4. The first kappa shape index (κ1) is 26.0. The van der Waals surface area contributed by atoms with Gasteiger partial charge in [-0.05, 0) is 46.5 Å². The maximum atomic E-state index is 10.2. The molecule has 0 atom stereocenters. The van der Waals surface area contributed by atoms with E-state index in [1.807, 2.05) is 48.5 Å². The van der Waals surface area contributed by atoms with Crippen molar-refractivity contribution in [2.75, 3.05) is 0 Å². The molecule has 0 heterocycles. The van der Waals surface area contributed by atoms with E-state index >= 15 is 0 Å². The van der Waals surface area contributed by atoms with E-state index in [2.05, 4.69) is 0 Å². The van der Waals surface area contributed by atoms with Crippen LogP contribution in [0.25, 0.3) is 11.1 Å². The van der Waals surface area contributed by atoms with Gasteiger partial charge in [-0.3, -0.25) is 0 Å². The highest BCUT2D eigenvalue weighted by atomic mass is 16.4. The van der Waals surface area contributed by atoms with Crippen LogP contribution >= 0.6 is 0 Å². The number of carboxylic acids is 2. The first-order valence-corrected chi connectivity index (χ1v) is 10.4. The molecule has 0 unspecified atom stereocenters. The molecule has 4 aromatic carbocycles. The molecule has 6 nitrogen and oxygen atoms in total. The zero-order valence-corrected chi connectivity index (χ0v) is 18.4. The van der Waals surface area contributed by atoms with Gasteiger partial charge in [0.05, 0.1) is 24.3 Å². The molecular formula is C28H26O6. The molecule has 0 aliphatic heterocycles. The number of aliphatic hydroxyl groups excluding tert-OH is 2. The molecule has 4 rings (SSSR count). The van der Waals surface area contributed by atoms with Crippen molar-refractivity contribution < 1.29 is 30.0 Å². The third-order valence-electron chi connectivity index (χ3n) is 4.73. The summed E-state index contributed by atoms with van der Waals surface area (Å²) in [5.41, 5.74) is 4.28. The summed E-state index contributed by atoms with van der Waals surface area (Å²) < 4.78 is 0. The van der Waals surface area contributed by atoms with Gasteiger partial charge < -0.3 is 20.4 Å². The Balaban J connectivity index is 0.000000194. The number of carbonyl (C=O) groups is 2. The van der Waals surface area contributed by atoms with Gasteiger partial charge in [0, 0.05) is 0 Å². The van der Waals surface area contributed by atoms with Gasteiger partial charge in [-0.1, -0.05) is 84.9 Å². The minimum Gasteiger partial charge on any atom is -0.478 e. The lowest BCUT2D eigenvalue weighted by Gasteiger charge is -2.11. The molecule has 174 valence electrons. The lowest BCUT2D eigenvalue weighted by atomic mass is 9.96. The van der Waals surface area contributed by atoms with E-state index in [1.165, 1.54) is 0 Å². The molecule has 0 radical (unpaired) electrons. The molecule has 4 aromatic rings. The zero-order valence-electron chi connectivity index (χ0n) is 18.4. The van der Waals surface area contributed by atoms with Gasteiger partial charge >= 0.3 is 11.9 Å².